The molecule has 9 heteroatoms. The number of thiophene rings is 1. The maximum atomic E-state index is 10.2. The maximum Gasteiger partial charge on any atom is 0.130 e. The normalized spacial score (nSPS) is 27.5. The zero-order valence-corrected chi connectivity index (χ0v) is 19.6. The van der Waals surface area contributed by atoms with E-state index < -0.39 is 18.8 Å². The van der Waals surface area contributed by atoms with E-state index in [9.17, 15) is 15.3 Å². The van der Waals surface area contributed by atoms with Gasteiger partial charge in [-0.1, -0.05) is 6.92 Å². The van der Waals surface area contributed by atoms with E-state index in [0.717, 1.165) is 51.1 Å². The summed E-state index contributed by atoms with van der Waals surface area (Å²) in [7, 11) is 1.85. The van der Waals surface area contributed by atoms with Gasteiger partial charge < -0.3 is 25.5 Å². The highest BCUT2D eigenvalue weighted by Gasteiger charge is 2.44. The van der Waals surface area contributed by atoms with Gasteiger partial charge in [-0.3, -0.25) is 9.91 Å². The molecule has 4 rings (SSSR count). The summed E-state index contributed by atoms with van der Waals surface area (Å²) in [5.41, 5.74) is 4.09. The molecule has 1 fully saturated rings. The minimum Gasteiger partial charge on any atom is -0.393 e. The third-order valence-electron chi connectivity index (χ3n) is 6.87. The highest BCUT2D eigenvalue weighted by molar-refractivity contribution is 7.12. The average molecular weight is 453 g/mol. The van der Waals surface area contributed by atoms with Gasteiger partial charge in [-0.25, -0.2) is 0 Å². The van der Waals surface area contributed by atoms with E-state index in [1.54, 1.807) is 10.1 Å². The van der Waals surface area contributed by atoms with E-state index >= 15 is 0 Å². The summed E-state index contributed by atoms with van der Waals surface area (Å²) in [5, 5.41) is 32.6. The van der Waals surface area contributed by atoms with Crippen LogP contribution in [0.2, 0.25) is 0 Å². The average Bonchev–Trinajstić information content (AvgIpc) is 3.34. The summed E-state index contributed by atoms with van der Waals surface area (Å²) in [5.74, 6) is 0. The summed E-state index contributed by atoms with van der Waals surface area (Å²) in [4.78, 5) is 5.44. The SMILES string of the molecule is CCc1cc2c(s1)CCO[C@@]21CCN(CC2=CN(CC(O)(CO)CO)N(C)N2)[C@@H](C)C1. The lowest BCUT2D eigenvalue weighted by Gasteiger charge is -2.47. The number of hydrazine groups is 2. The summed E-state index contributed by atoms with van der Waals surface area (Å²) in [6.45, 7) is 6.16. The molecule has 1 spiro atoms. The quantitative estimate of drug-likeness (QED) is 0.483. The number of fused-ring (bicyclic) bond motifs is 2. The number of nitrogens with zero attached hydrogens (tertiary/aromatic N) is 3. The lowest BCUT2D eigenvalue weighted by Crippen LogP contribution is -2.52. The molecule has 0 aromatic carbocycles. The van der Waals surface area contributed by atoms with Gasteiger partial charge in [0.25, 0.3) is 0 Å². The van der Waals surface area contributed by atoms with Crippen LogP contribution in [0.1, 0.15) is 42.0 Å². The summed E-state index contributed by atoms with van der Waals surface area (Å²) >= 11 is 1.96. The molecule has 0 radical (unpaired) electrons. The second-order valence-corrected chi connectivity index (χ2v) is 10.4. The van der Waals surface area contributed by atoms with Crippen molar-refractivity contribution in [3.8, 4) is 0 Å². The van der Waals surface area contributed by atoms with Crippen LogP contribution in [-0.4, -0.2) is 88.5 Å². The van der Waals surface area contributed by atoms with Crippen molar-refractivity contribution >= 4 is 11.3 Å². The number of hydrogen-bond donors (Lipinski definition) is 4. The summed E-state index contributed by atoms with van der Waals surface area (Å²) < 4.78 is 6.45. The van der Waals surface area contributed by atoms with Crippen LogP contribution in [0, 0.1) is 0 Å². The van der Waals surface area contributed by atoms with Crippen LogP contribution in [0.3, 0.4) is 0 Å². The van der Waals surface area contributed by atoms with Crippen LogP contribution >= 0.6 is 11.3 Å². The lowest BCUT2D eigenvalue weighted by molar-refractivity contribution is -0.110. The number of rotatable bonds is 7. The molecule has 2 atom stereocenters. The predicted molar refractivity (Wildman–Crippen MR) is 120 cm³/mol. The summed E-state index contributed by atoms with van der Waals surface area (Å²) in [6, 6.07) is 2.76. The Balaban J connectivity index is 1.42. The van der Waals surface area contributed by atoms with Gasteiger partial charge in [0, 0.05) is 48.6 Å². The van der Waals surface area contributed by atoms with Crippen LogP contribution in [0.25, 0.3) is 0 Å². The Hall–Kier alpha value is -1.20. The van der Waals surface area contributed by atoms with Crippen LogP contribution in [-0.2, 0) is 23.2 Å². The van der Waals surface area contributed by atoms with Gasteiger partial charge in [0.2, 0.25) is 0 Å². The Morgan fingerprint density at radius 2 is 2.13 bits per heavy atom. The van der Waals surface area contributed by atoms with Gasteiger partial charge in [0.15, 0.2) is 0 Å². The number of aliphatic hydroxyl groups is 3. The molecule has 4 N–H and O–H groups in total. The minimum atomic E-state index is -1.54. The van der Waals surface area contributed by atoms with Crippen LogP contribution in [0.5, 0.6) is 0 Å². The molecule has 8 nitrogen and oxygen atoms in total. The Morgan fingerprint density at radius 1 is 1.35 bits per heavy atom. The predicted octanol–water partition coefficient (Wildman–Crippen LogP) is 0.787. The molecular weight excluding hydrogens is 416 g/mol. The molecule has 0 saturated carbocycles. The molecule has 31 heavy (non-hydrogen) atoms. The molecule has 3 aliphatic rings. The number of β-amino-alcohol motifs (C(OH)–C–C–N with tert-alkyl or cyclic N) is 1. The number of aryl methyl sites for hydroxylation is 1. The van der Waals surface area contributed by atoms with Crippen molar-refractivity contribution in [2.45, 2.75) is 56.8 Å². The van der Waals surface area contributed by atoms with Gasteiger partial charge in [-0.15, -0.1) is 16.5 Å². The third-order valence-corrected chi connectivity index (χ3v) is 8.21. The standard InChI is InChI=1S/C22H36N4O4S/c1-4-18-9-19-20(31-18)5-8-30-22(19)6-7-25(16(2)10-22)11-17-12-26(24(3)23-17)13-21(29,14-27)15-28/h9,12,16,23,27-29H,4-8,10-11,13-15H2,1-3H3/t16-,22+/m0/s1. The van der Waals surface area contributed by atoms with Crippen molar-refractivity contribution in [2.75, 3.05) is 46.5 Å². The second-order valence-electron chi connectivity index (χ2n) is 9.20. The molecule has 0 aliphatic carbocycles. The van der Waals surface area contributed by atoms with Gasteiger partial charge in [-0.05, 0) is 37.8 Å². The summed E-state index contributed by atoms with van der Waals surface area (Å²) in [6.07, 6.45) is 6.04. The highest BCUT2D eigenvalue weighted by atomic mass is 32.1. The Labute approximate surface area is 188 Å². The molecule has 4 heterocycles. The second kappa shape index (κ2) is 8.97. The van der Waals surface area contributed by atoms with Gasteiger partial charge in [-0.2, -0.15) is 0 Å². The maximum absolute atomic E-state index is 10.2. The fourth-order valence-corrected chi connectivity index (χ4v) is 6.15. The molecule has 0 unspecified atom stereocenters. The monoisotopic (exact) mass is 452 g/mol. The Morgan fingerprint density at radius 3 is 2.81 bits per heavy atom. The molecule has 0 amide bonds. The van der Waals surface area contributed by atoms with Crippen molar-refractivity contribution in [1.29, 1.82) is 0 Å². The van der Waals surface area contributed by atoms with Crippen molar-refractivity contribution in [1.82, 2.24) is 20.5 Å². The van der Waals surface area contributed by atoms with Crippen molar-refractivity contribution in [3.63, 3.8) is 0 Å². The third kappa shape index (κ3) is 4.50. The van der Waals surface area contributed by atoms with Crippen molar-refractivity contribution in [3.05, 3.63) is 33.3 Å². The first-order valence-corrected chi connectivity index (χ1v) is 12.0. The van der Waals surface area contributed by atoms with E-state index in [-0.39, 0.29) is 12.1 Å². The molecule has 1 saturated heterocycles. The van der Waals surface area contributed by atoms with E-state index in [2.05, 4.69) is 30.2 Å². The number of piperidine rings is 1. The number of hydrogen-bond acceptors (Lipinski definition) is 9. The zero-order valence-electron chi connectivity index (χ0n) is 18.8. The smallest absolute Gasteiger partial charge is 0.130 e. The van der Waals surface area contributed by atoms with E-state index in [1.165, 1.54) is 15.3 Å². The first kappa shape index (κ1) is 23.0. The van der Waals surface area contributed by atoms with Crippen molar-refractivity contribution in [2.24, 2.45) is 0 Å². The molecule has 1 aromatic rings. The van der Waals surface area contributed by atoms with E-state index in [4.69, 9.17) is 4.74 Å². The van der Waals surface area contributed by atoms with Gasteiger partial charge in [0.1, 0.15) is 5.60 Å². The topological polar surface area (TPSA) is 91.7 Å². The largest absolute Gasteiger partial charge is 0.393 e. The first-order valence-electron chi connectivity index (χ1n) is 11.2. The van der Waals surface area contributed by atoms with Crippen molar-refractivity contribution < 1.29 is 20.1 Å². The zero-order chi connectivity index (χ0) is 22.2. The number of nitrogens with one attached hydrogen (secondary N) is 1. The molecule has 0 bridgehead atoms. The van der Waals surface area contributed by atoms with Crippen LogP contribution in [0.4, 0.5) is 0 Å². The van der Waals surface area contributed by atoms with Gasteiger partial charge in [0.05, 0.1) is 37.7 Å². The van der Waals surface area contributed by atoms with E-state index in [1.807, 2.05) is 24.6 Å². The molecule has 174 valence electrons. The van der Waals surface area contributed by atoms with Gasteiger partial charge >= 0.3 is 0 Å². The first-order chi connectivity index (χ1) is 14.8. The molecule has 3 aliphatic heterocycles. The molecule has 1 aromatic heterocycles. The fraction of sp³-hybridized carbons (Fsp3) is 0.727. The number of ether oxygens (including phenoxy) is 1. The number of aliphatic hydroxyl groups excluding tert-OH is 2. The fourth-order valence-electron chi connectivity index (χ4n) is 4.98. The highest BCUT2D eigenvalue weighted by Crippen LogP contribution is 2.46. The number of likely N-dealkylation sites (tertiary alicyclic amines) is 1. The lowest BCUT2D eigenvalue weighted by atomic mass is 9.79. The van der Waals surface area contributed by atoms with Crippen LogP contribution < -0.4 is 5.43 Å². The Bertz CT molecular complexity index is 811. The van der Waals surface area contributed by atoms with E-state index in [0.29, 0.717) is 6.04 Å². The van der Waals surface area contributed by atoms with Crippen LogP contribution in [0.15, 0.2) is 18.0 Å². The minimum absolute atomic E-state index is 0.111. The Kier molecular flexibility index (Phi) is 6.65. The molecular formula is C22H36N4O4S.